The van der Waals surface area contributed by atoms with E-state index < -0.39 is 22.4 Å². The maximum atomic E-state index is 13.0. The van der Waals surface area contributed by atoms with Gasteiger partial charge in [-0.2, -0.15) is 13.2 Å². The van der Waals surface area contributed by atoms with E-state index in [9.17, 15) is 28.1 Å². The number of nitrogens with one attached hydrogen (secondary N) is 1. The molecular formula is C21H19F3N4O3S. The van der Waals surface area contributed by atoms with E-state index in [1.165, 1.54) is 18.3 Å². The van der Waals surface area contributed by atoms with Gasteiger partial charge in [0, 0.05) is 31.8 Å². The summed E-state index contributed by atoms with van der Waals surface area (Å²) in [5, 5.41) is 14.0. The summed E-state index contributed by atoms with van der Waals surface area (Å²) in [7, 11) is 0. The van der Waals surface area contributed by atoms with Crippen LogP contribution >= 0.6 is 11.3 Å². The molecule has 32 heavy (non-hydrogen) atoms. The van der Waals surface area contributed by atoms with Crippen molar-refractivity contribution in [3.63, 3.8) is 0 Å². The maximum absolute atomic E-state index is 13.0. The summed E-state index contributed by atoms with van der Waals surface area (Å²) < 4.78 is 40.9. The van der Waals surface area contributed by atoms with Crippen molar-refractivity contribution in [1.29, 1.82) is 0 Å². The van der Waals surface area contributed by atoms with E-state index in [1.54, 1.807) is 23.6 Å². The fourth-order valence-electron chi connectivity index (χ4n) is 3.09. The van der Waals surface area contributed by atoms with Crippen molar-refractivity contribution in [2.45, 2.75) is 26.6 Å². The highest BCUT2D eigenvalue weighted by Gasteiger charge is 2.32. The number of thiazole rings is 1. The first-order chi connectivity index (χ1) is 15.1. The van der Waals surface area contributed by atoms with Crippen molar-refractivity contribution < 1.29 is 22.9 Å². The van der Waals surface area contributed by atoms with E-state index in [2.05, 4.69) is 10.3 Å². The lowest BCUT2D eigenvalue weighted by Gasteiger charge is -2.12. The molecule has 0 saturated carbocycles. The Balaban J connectivity index is 1.92. The van der Waals surface area contributed by atoms with E-state index in [0.29, 0.717) is 27.1 Å². The molecule has 0 aliphatic rings. The number of nitrogens with zero attached hydrogens (tertiary/aromatic N) is 3. The highest BCUT2D eigenvalue weighted by molar-refractivity contribution is 7.11. The predicted molar refractivity (Wildman–Crippen MR) is 115 cm³/mol. The molecule has 3 rings (SSSR count). The van der Waals surface area contributed by atoms with Gasteiger partial charge in [0.2, 0.25) is 0 Å². The van der Waals surface area contributed by atoms with Gasteiger partial charge >= 0.3 is 6.18 Å². The minimum atomic E-state index is -4.62. The molecule has 0 radical (unpaired) electrons. The van der Waals surface area contributed by atoms with Crippen LogP contribution in [0.5, 0.6) is 0 Å². The number of Topliss-reactive ketones (excluding diaryl/α,β-unsaturated/α-hetero) is 1. The maximum Gasteiger partial charge on any atom is 0.416 e. The summed E-state index contributed by atoms with van der Waals surface area (Å²) in [5.74, 6) is -0.128. The number of carbonyl (C=O) groups is 1. The van der Waals surface area contributed by atoms with Gasteiger partial charge in [-0.05, 0) is 31.2 Å². The van der Waals surface area contributed by atoms with E-state index in [1.807, 2.05) is 18.2 Å². The first kappa shape index (κ1) is 23.2. The third kappa shape index (κ3) is 5.22. The van der Waals surface area contributed by atoms with Crippen LogP contribution < -0.4 is 10.1 Å². The van der Waals surface area contributed by atoms with Crippen molar-refractivity contribution in [2.24, 2.45) is 4.99 Å². The van der Waals surface area contributed by atoms with Gasteiger partial charge in [-0.1, -0.05) is 29.5 Å². The lowest BCUT2D eigenvalue weighted by molar-refractivity contribution is -0.384. The number of nitro groups is 1. The van der Waals surface area contributed by atoms with Crippen molar-refractivity contribution in [2.75, 3.05) is 11.9 Å². The first-order valence-electron chi connectivity index (χ1n) is 9.48. The number of rotatable bonds is 7. The van der Waals surface area contributed by atoms with Crippen molar-refractivity contribution in [3.05, 3.63) is 79.6 Å². The Hall–Kier alpha value is -3.47. The second-order valence-electron chi connectivity index (χ2n) is 6.87. The molecule has 0 aliphatic carbocycles. The highest BCUT2D eigenvalue weighted by Crippen LogP contribution is 2.34. The van der Waals surface area contributed by atoms with Gasteiger partial charge < -0.3 is 9.88 Å². The summed E-state index contributed by atoms with van der Waals surface area (Å²) in [6.45, 7) is 3.51. The van der Waals surface area contributed by atoms with E-state index in [0.717, 1.165) is 12.1 Å². The summed E-state index contributed by atoms with van der Waals surface area (Å²) >= 11 is 1.21. The third-order valence-electron chi connectivity index (χ3n) is 4.63. The molecule has 0 aliphatic heterocycles. The normalized spacial score (nSPS) is 12.1. The second kappa shape index (κ2) is 9.35. The van der Waals surface area contributed by atoms with Crippen LogP contribution in [0, 0.1) is 17.0 Å². The number of para-hydroxylation sites is 1. The van der Waals surface area contributed by atoms with Crippen molar-refractivity contribution >= 4 is 34.2 Å². The quantitative estimate of drug-likeness (QED) is 0.291. The zero-order valence-electron chi connectivity index (χ0n) is 17.1. The number of alkyl halides is 3. The molecule has 1 heterocycles. The molecular weight excluding hydrogens is 445 g/mol. The van der Waals surface area contributed by atoms with Gasteiger partial charge in [-0.15, -0.1) is 0 Å². The second-order valence-corrected chi connectivity index (χ2v) is 7.85. The van der Waals surface area contributed by atoms with Gasteiger partial charge in [-0.3, -0.25) is 14.9 Å². The average molecular weight is 464 g/mol. The number of benzene rings is 2. The average Bonchev–Trinajstić information content (AvgIpc) is 3.03. The Bertz CT molecular complexity index is 1220. The molecule has 0 fully saturated rings. The number of carbonyl (C=O) groups excluding carboxylic acids is 1. The Kier molecular flexibility index (Phi) is 6.78. The lowest BCUT2D eigenvalue weighted by atomic mass is 10.1. The molecule has 0 spiro atoms. The zero-order chi connectivity index (χ0) is 23.5. The fraction of sp³-hybridized carbons (Fsp3) is 0.238. The van der Waals surface area contributed by atoms with Crippen LogP contribution in [0.4, 0.5) is 30.2 Å². The van der Waals surface area contributed by atoms with E-state index in [-0.39, 0.29) is 24.6 Å². The number of hydrogen-bond donors (Lipinski definition) is 1. The molecule has 1 N–H and O–H groups in total. The highest BCUT2D eigenvalue weighted by atomic mass is 32.1. The fourth-order valence-corrected chi connectivity index (χ4v) is 4.16. The molecule has 3 aromatic rings. The Labute approximate surface area is 185 Å². The molecule has 0 amide bonds. The zero-order valence-corrected chi connectivity index (χ0v) is 18.0. The number of halogens is 3. The number of aromatic nitrogens is 1. The van der Waals surface area contributed by atoms with Crippen molar-refractivity contribution in [3.8, 4) is 0 Å². The van der Waals surface area contributed by atoms with Crippen LogP contribution in [0.1, 0.15) is 27.9 Å². The minimum Gasteiger partial charge on any atom is -0.378 e. The van der Waals surface area contributed by atoms with Crippen LogP contribution in [-0.2, 0) is 12.7 Å². The lowest BCUT2D eigenvalue weighted by Crippen LogP contribution is -2.21. The van der Waals surface area contributed by atoms with Crippen LogP contribution in [0.2, 0.25) is 0 Å². The Morgan fingerprint density at radius 3 is 2.50 bits per heavy atom. The number of anilines is 1. The van der Waals surface area contributed by atoms with Gasteiger partial charge in [0.05, 0.1) is 21.1 Å². The molecule has 0 unspecified atom stereocenters. The van der Waals surface area contributed by atoms with Gasteiger partial charge in [-0.25, -0.2) is 4.99 Å². The van der Waals surface area contributed by atoms with Crippen LogP contribution in [0.25, 0.3) is 0 Å². The Morgan fingerprint density at radius 1 is 1.22 bits per heavy atom. The summed E-state index contributed by atoms with van der Waals surface area (Å²) in [6.07, 6.45) is -4.62. The molecule has 1 aromatic heterocycles. The minimum absolute atomic E-state index is 0.0824. The summed E-state index contributed by atoms with van der Waals surface area (Å²) in [4.78, 5) is 28.1. The molecule has 0 bridgehead atoms. The van der Waals surface area contributed by atoms with Crippen LogP contribution in [-0.4, -0.2) is 21.8 Å². The van der Waals surface area contributed by atoms with Crippen LogP contribution in [0.3, 0.4) is 0 Å². The number of hydrogen-bond acceptors (Lipinski definition) is 6. The van der Waals surface area contributed by atoms with Crippen molar-refractivity contribution in [1.82, 2.24) is 4.57 Å². The van der Waals surface area contributed by atoms with E-state index >= 15 is 0 Å². The number of ketones is 1. The molecule has 7 nitrogen and oxygen atoms in total. The van der Waals surface area contributed by atoms with Gasteiger partial charge in [0.25, 0.3) is 5.69 Å². The molecule has 11 heteroatoms. The van der Waals surface area contributed by atoms with Crippen LogP contribution in [0.15, 0.2) is 53.5 Å². The molecule has 0 atom stereocenters. The standard InChI is InChI=1S/C21H19F3N4O3S/c1-13-19(14(2)29)32-20(26-16-6-4-3-5-7-16)27(13)11-10-25-17-12-15(21(22,23)24)8-9-18(17)28(30)31/h3-9,12,25H,10-11H2,1-2H3. The molecule has 168 valence electrons. The topological polar surface area (TPSA) is 89.5 Å². The predicted octanol–water partition coefficient (Wildman–Crippen LogP) is 5.33. The Morgan fingerprint density at radius 2 is 1.91 bits per heavy atom. The number of nitro benzene ring substituents is 1. The summed E-state index contributed by atoms with van der Waals surface area (Å²) in [6, 6.07) is 11.3. The molecule has 0 saturated heterocycles. The van der Waals surface area contributed by atoms with E-state index in [4.69, 9.17) is 0 Å². The van der Waals surface area contributed by atoms with Gasteiger partial charge in [0.1, 0.15) is 5.69 Å². The SMILES string of the molecule is CC(=O)c1sc(=Nc2ccccc2)n(CCNc2cc(C(F)(F)F)ccc2[N+](=O)[O-])c1C. The monoisotopic (exact) mass is 464 g/mol. The molecule has 2 aromatic carbocycles. The summed E-state index contributed by atoms with van der Waals surface area (Å²) in [5.41, 5.74) is -0.324. The smallest absolute Gasteiger partial charge is 0.378 e. The largest absolute Gasteiger partial charge is 0.416 e. The third-order valence-corrected chi connectivity index (χ3v) is 5.91. The van der Waals surface area contributed by atoms with Gasteiger partial charge in [0.15, 0.2) is 10.6 Å². The first-order valence-corrected chi connectivity index (χ1v) is 10.3.